The van der Waals surface area contributed by atoms with Gasteiger partial charge < -0.3 is 19.5 Å². The standard InChI is InChI=1S/C22H20BrNO5S/c1-4-29-22(26)19-16(13-5-8-15(23)9-6-13)12-30-21(19)24-20(25)14-7-10-17(27-2)18(11-14)28-3/h5-12H,4H2,1-3H3,(H,24,25). The molecule has 0 unspecified atom stereocenters. The number of halogens is 1. The Hall–Kier alpha value is -2.84. The first-order chi connectivity index (χ1) is 14.5. The van der Waals surface area contributed by atoms with Gasteiger partial charge in [-0.2, -0.15) is 0 Å². The van der Waals surface area contributed by atoms with Crippen LogP contribution in [-0.2, 0) is 4.74 Å². The van der Waals surface area contributed by atoms with Crippen molar-refractivity contribution in [3.63, 3.8) is 0 Å². The van der Waals surface area contributed by atoms with Gasteiger partial charge in [-0.25, -0.2) is 4.79 Å². The lowest BCUT2D eigenvalue weighted by atomic mass is 10.0. The fourth-order valence-electron chi connectivity index (χ4n) is 2.85. The van der Waals surface area contributed by atoms with E-state index in [4.69, 9.17) is 14.2 Å². The van der Waals surface area contributed by atoms with Crippen LogP contribution in [0.3, 0.4) is 0 Å². The van der Waals surface area contributed by atoms with Crippen molar-refractivity contribution < 1.29 is 23.8 Å². The summed E-state index contributed by atoms with van der Waals surface area (Å²) in [7, 11) is 3.03. The Kier molecular flexibility index (Phi) is 7.12. The van der Waals surface area contributed by atoms with Gasteiger partial charge in [0.2, 0.25) is 0 Å². The topological polar surface area (TPSA) is 73.9 Å². The van der Waals surface area contributed by atoms with E-state index in [1.165, 1.54) is 25.6 Å². The van der Waals surface area contributed by atoms with Crippen LogP contribution in [0.15, 0.2) is 52.3 Å². The molecule has 1 N–H and O–H groups in total. The molecule has 1 amide bonds. The summed E-state index contributed by atoms with van der Waals surface area (Å²) >= 11 is 4.68. The van der Waals surface area contributed by atoms with Crippen molar-refractivity contribution in [1.82, 2.24) is 0 Å². The molecule has 0 fully saturated rings. The number of anilines is 1. The second-order valence-electron chi connectivity index (χ2n) is 6.10. The summed E-state index contributed by atoms with van der Waals surface area (Å²) in [5.41, 5.74) is 2.26. The number of hydrogen-bond acceptors (Lipinski definition) is 6. The molecule has 3 aromatic rings. The molecule has 1 heterocycles. The minimum absolute atomic E-state index is 0.234. The lowest BCUT2D eigenvalue weighted by Gasteiger charge is -2.11. The number of nitrogens with one attached hydrogen (secondary N) is 1. The molecule has 0 saturated heterocycles. The van der Waals surface area contributed by atoms with E-state index in [0.29, 0.717) is 33.2 Å². The van der Waals surface area contributed by atoms with Crippen molar-refractivity contribution in [1.29, 1.82) is 0 Å². The predicted octanol–water partition coefficient (Wildman–Crippen LogP) is 5.62. The van der Waals surface area contributed by atoms with E-state index in [2.05, 4.69) is 21.2 Å². The van der Waals surface area contributed by atoms with E-state index in [9.17, 15) is 9.59 Å². The molecule has 30 heavy (non-hydrogen) atoms. The highest BCUT2D eigenvalue weighted by Crippen LogP contribution is 2.37. The van der Waals surface area contributed by atoms with E-state index >= 15 is 0 Å². The zero-order valence-corrected chi connectivity index (χ0v) is 19.1. The van der Waals surface area contributed by atoms with Gasteiger partial charge in [-0.1, -0.05) is 28.1 Å². The normalized spacial score (nSPS) is 10.4. The van der Waals surface area contributed by atoms with Crippen LogP contribution in [0.4, 0.5) is 5.00 Å². The molecular formula is C22H20BrNO5S. The summed E-state index contributed by atoms with van der Waals surface area (Å²) < 4.78 is 16.6. The predicted molar refractivity (Wildman–Crippen MR) is 121 cm³/mol. The first-order valence-electron chi connectivity index (χ1n) is 9.06. The lowest BCUT2D eigenvalue weighted by Crippen LogP contribution is -2.15. The average molecular weight is 490 g/mol. The number of methoxy groups -OCH3 is 2. The van der Waals surface area contributed by atoms with Crippen LogP contribution in [0.1, 0.15) is 27.6 Å². The molecule has 0 saturated carbocycles. The quantitative estimate of drug-likeness (QED) is 0.435. The van der Waals surface area contributed by atoms with Gasteiger partial charge in [0.25, 0.3) is 5.91 Å². The van der Waals surface area contributed by atoms with Gasteiger partial charge in [0.05, 0.1) is 20.8 Å². The van der Waals surface area contributed by atoms with Crippen LogP contribution in [-0.4, -0.2) is 32.7 Å². The molecule has 0 spiro atoms. The summed E-state index contributed by atoms with van der Waals surface area (Å²) in [4.78, 5) is 25.5. The minimum Gasteiger partial charge on any atom is -0.493 e. The first-order valence-corrected chi connectivity index (χ1v) is 10.7. The average Bonchev–Trinajstić information content (AvgIpc) is 3.17. The number of thiophene rings is 1. The van der Waals surface area contributed by atoms with Crippen LogP contribution in [0.25, 0.3) is 11.1 Å². The summed E-state index contributed by atoms with van der Waals surface area (Å²) in [5, 5.41) is 5.08. The van der Waals surface area contributed by atoms with Crippen LogP contribution >= 0.6 is 27.3 Å². The van der Waals surface area contributed by atoms with Crippen LogP contribution in [0.5, 0.6) is 11.5 Å². The maximum absolute atomic E-state index is 12.8. The Morgan fingerprint density at radius 3 is 2.37 bits per heavy atom. The minimum atomic E-state index is -0.487. The van der Waals surface area contributed by atoms with Gasteiger partial charge in [-0.3, -0.25) is 4.79 Å². The van der Waals surface area contributed by atoms with E-state index in [1.807, 2.05) is 29.6 Å². The number of rotatable bonds is 7. The zero-order chi connectivity index (χ0) is 21.7. The first kappa shape index (κ1) is 21.9. The summed E-state index contributed by atoms with van der Waals surface area (Å²) in [6.45, 7) is 1.98. The molecule has 0 bridgehead atoms. The highest BCUT2D eigenvalue weighted by atomic mass is 79.9. The highest BCUT2D eigenvalue weighted by molar-refractivity contribution is 9.10. The third-order valence-corrected chi connectivity index (χ3v) is 5.72. The zero-order valence-electron chi connectivity index (χ0n) is 16.7. The Morgan fingerprint density at radius 1 is 1.03 bits per heavy atom. The number of benzene rings is 2. The Bertz CT molecular complexity index is 1060. The third-order valence-electron chi connectivity index (χ3n) is 4.30. The molecule has 8 heteroatoms. The molecule has 156 valence electrons. The maximum atomic E-state index is 12.8. The number of amides is 1. The molecule has 3 rings (SSSR count). The van der Waals surface area contributed by atoms with E-state index in [0.717, 1.165) is 10.0 Å². The van der Waals surface area contributed by atoms with Gasteiger partial charge in [-0.05, 0) is 42.8 Å². The number of carbonyl (C=O) groups is 2. The Morgan fingerprint density at radius 2 is 1.73 bits per heavy atom. The van der Waals surface area contributed by atoms with Gasteiger partial charge in [0, 0.05) is 21.0 Å². The SMILES string of the molecule is CCOC(=O)c1c(-c2ccc(Br)cc2)csc1NC(=O)c1ccc(OC)c(OC)c1. The fourth-order valence-corrected chi connectivity index (χ4v) is 4.07. The maximum Gasteiger partial charge on any atom is 0.341 e. The van der Waals surface area contributed by atoms with Crippen LogP contribution in [0.2, 0.25) is 0 Å². The molecule has 0 aliphatic rings. The molecule has 0 aliphatic heterocycles. The number of esters is 1. The fraction of sp³-hybridized carbons (Fsp3) is 0.182. The van der Waals surface area contributed by atoms with Crippen molar-refractivity contribution >= 4 is 44.1 Å². The van der Waals surface area contributed by atoms with Gasteiger partial charge >= 0.3 is 5.97 Å². The largest absolute Gasteiger partial charge is 0.493 e. The number of hydrogen-bond donors (Lipinski definition) is 1. The van der Waals surface area contributed by atoms with Crippen molar-refractivity contribution in [2.45, 2.75) is 6.92 Å². The van der Waals surface area contributed by atoms with Crippen LogP contribution < -0.4 is 14.8 Å². The van der Waals surface area contributed by atoms with Crippen molar-refractivity contribution in [3.8, 4) is 22.6 Å². The molecular weight excluding hydrogens is 470 g/mol. The van der Waals surface area contributed by atoms with E-state index in [-0.39, 0.29) is 12.5 Å². The van der Waals surface area contributed by atoms with Gasteiger partial charge in [0.1, 0.15) is 10.6 Å². The third kappa shape index (κ3) is 4.66. The molecule has 0 atom stereocenters. The molecule has 2 aromatic carbocycles. The molecule has 0 aliphatic carbocycles. The molecule has 1 aromatic heterocycles. The van der Waals surface area contributed by atoms with E-state index < -0.39 is 5.97 Å². The Labute approximate surface area is 186 Å². The number of carbonyl (C=O) groups excluding carboxylic acids is 2. The van der Waals surface area contributed by atoms with Crippen molar-refractivity contribution in [2.24, 2.45) is 0 Å². The Balaban J connectivity index is 1.96. The van der Waals surface area contributed by atoms with Gasteiger partial charge in [0.15, 0.2) is 11.5 Å². The monoisotopic (exact) mass is 489 g/mol. The van der Waals surface area contributed by atoms with Crippen molar-refractivity contribution in [3.05, 3.63) is 63.4 Å². The summed E-state index contributed by atoms with van der Waals surface area (Å²) in [6.07, 6.45) is 0. The molecule has 0 radical (unpaired) electrons. The summed E-state index contributed by atoms with van der Waals surface area (Å²) in [5.74, 6) is 0.109. The number of ether oxygens (including phenoxy) is 3. The van der Waals surface area contributed by atoms with Crippen molar-refractivity contribution in [2.75, 3.05) is 26.1 Å². The van der Waals surface area contributed by atoms with E-state index in [1.54, 1.807) is 25.1 Å². The second-order valence-corrected chi connectivity index (χ2v) is 7.90. The smallest absolute Gasteiger partial charge is 0.341 e. The van der Waals surface area contributed by atoms with Gasteiger partial charge in [-0.15, -0.1) is 11.3 Å². The highest BCUT2D eigenvalue weighted by Gasteiger charge is 2.23. The lowest BCUT2D eigenvalue weighted by molar-refractivity contribution is 0.0529. The second kappa shape index (κ2) is 9.77. The molecule has 6 nitrogen and oxygen atoms in total. The summed E-state index contributed by atoms with van der Waals surface area (Å²) in [6, 6.07) is 12.4. The van der Waals surface area contributed by atoms with Crippen LogP contribution in [0, 0.1) is 0 Å².